The Morgan fingerprint density at radius 2 is 1.56 bits per heavy atom. The molecule has 0 saturated carbocycles. The first kappa shape index (κ1) is 16.6. The maximum Gasteiger partial charge on any atom is 0.296 e. The van der Waals surface area contributed by atoms with Crippen LogP contribution in [0.3, 0.4) is 0 Å². The number of carbonyl (C=O) groups is 2. The molecule has 8 heteroatoms. The largest absolute Gasteiger partial charge is 0.369 e. The van der Waals surface area contributed by atoms with Crippen LogP contribution in [0, 0.1) is 0 Å². The van der Waals surface area contributed by atoms with Gasteiger partial charge < -0.3 is 15.5 Å². The van der Waals surface area contributed by atoms with Gasteiger partial charge >= 0.3 is 0 Å². The molecule has 1 aliphatic rings. The minimum Gasteiger partial charge on any atom is -0.369 e. The summed E-state index contributed by atoms with van der Waals surface area (Å²) in [4.78, 5) is 39.6. The highest BCUT2D eigenvalue weighted by Crippen LogP contribution is 2.25. The summed E-state index contributed by atoms with van der Waals surface area (Å²) in [5.41, 5.74) is 5.40. The number of hydrogen-bond acceptors (Lipinski definition) is 6. The van der Waals surface area contributed by atoms with E-state index in [1.807, 2.05) is 0 Å². The van der Waals surface area contributed by atoms with Crippen molar-refractivity contribution in [2.45, 2.75) is 25.1 Å². The molecule has 1 atom stereocenters. The van der Waals surface area contributed by atoms with E-state index >= 15 is 0 Å². The van der Waals surface area contributed by atoms with E-state index < -0.39 is 17.4 Å². The second kappa shape index (κ2) is 7.08. The number of aromatic nitrogens is 2. The Morgan fingerprint density at radius 3 is 1.96 bits per heavy atom. The standard InChI is InChI=1S/C17H17N5O3/c18-15(23)17(5-10-21-25-17)16(24)22(11-13-1-6-19-7-2-13)12-14-3-8-20-9-4-14/h1-4,6-10H,5,11-12H2,(H2,18,23). The Balaban J connectivity index is 1.89. The molecule has 0 bridgehead atoms. The molecule has 0 spiro atoms. The number of rotatable bonds is 6. The first-order valence-electron chi connectivity index (χ1n) is 7.69. The highest BCUT2D eigenvalue weighted by molar-refractivity contribution is 6.10. The van der Waals surface area contributed by atoms with Crippen molar-refractivity contribution in [1.29, 1.82) is 0 Å². The third-order valence-corrected chi connectivity index (χ3v) is 3.94. The van der Waals surface area contributed by atoms with E-state index in [9.17, 15) is 9.59 Å². The number of carbonyl (C=O) groups excluding carboxylic acids is 2. The maximum absolute atomic E-state index is 13.1. The fourth-order valence-electron chi connectivity index (χ4n) is 2.58. The van der Waals surface area contributed by atoms with Gasteiger partial charge in [-0.3, -0.25) is 19.6 Å². The molecule has 2 amide bonds. The zero-order valence-corrected chi connectivity index (χ0v) is 13.4. The van der Waals surface area contributed by atoms with Gasteiger partial charge in [-0.1, -0.05) is 5.16 Å². The fourth-order valence-corrected chi connectivity index (χ4v) is 2.58. The first-order chi connectivity index (χ1) is 12.1. The monoisotopic (exact) mass is 339 g/mol. The molecule has 2 N–H and O–H groups in total. The molecule has 0 saturated heterocycles. The van der Waals surface area contributed by atoms with Crippen LogP contribution in [-0.2, 0) is 27.5 Å². The summed E-state index contributed by atoms with van der Waals surface area (Å²) in [6, 6.07) is 7.21. The lowest BCUT2D eigenvalue weighted by Crippen LogP contribution is -2.56. The molecular formula is C17H17N5O3. The third-order valence-electron chi connectivity index (χ3n) is 3.94. The van der Waals surface area contributed by atoms with Gasteiger partial charge in [-0.2, -0.15) is 0 Å². The molecule has 0 fully saturated rings. The fraction of sp³-hybridized carbons (Fsp3) is 0.235. The van der Waals surface area contributed by atoms with Crippen LogP contribution >= 0.6 is 0 Å². The molecule has 25 heavy (non-hydrogen) atoms. The van der Waals surface area contributed by atoms with Crippen molar-refractivity contribution in [1.82, 2.24) is 14.9 Å². The zero-order chi connectivity index (χ0) is 17.7. The number of amides is 2. The molecule has 0 radical (unpaired) electrons. The van der Waals surface area contributed by atoms with E-state index in [1.165, 1.54) is 11.1 Å². The quantitative estimate of drug-likeness (QED) is 0.776. The van der Waals surface area contributed by atoms with E-state index in [0.29, 0.717) is 0 Å². The van der Waals surface area contributed by atoms with Crippen molar-refractivity contribution in [2.75, 3.05) is 0 Å². The summed E-state index contributed by atoms with van der Waals surface area (Å²) in [7, 11) is 0. The first-order valence-corrected chi connectivity index (χ1v) is 7.69. The van der Waals surface area contributed by atoms with Crippen molar-refractivity contribution < 1.29 is 14.4 Å². The van der Waals surface area contributed by atoms with Gasteiger partial charge in [0.15, 0.2) is 0 Å². The van der Waals surface area contributed by atoms with Crippen molar-refractivity contribution in [3.05, 3.63) is 60.2 Å². The van der Waals surface area contributed by atoms with Gasteiger partial charge in [0.2, 0.25) is 0 Å². The van der Waals surface area contributed by atoms with Gasteiger partial charge in [-0.05, 0) is 35.4 Å². The molecule has 1 unspecified atom stereocenters. The van der Waals surface area contributed by atoms with Crippen LogP contribution in [0.5, 0.6) is 0 Å². The van der Waals surface area contributed by atoms with Crippen molar-refractivity contribution in [3.63, 3.8) is 0 Å². The van der Waals surface area contributed by atoms with Crippen LogP contribution in [0.2, 0.25) is 0 Å². The predicted octanol–water partition coefficient (Wildman–Crippen LogP) is 0.636. The van der Waals surface area contributed by atoms with Gasteiger partial charge in [-0.15, -0.1) is 0 Å². The lowest BCUT2D eigenvalue weighted by molar-refractivity contribution is -0.164. The Morgan fingerprint density at radius 1 is 1.04 bits per heavy atom. The summed E-state index contributed by atoms with van der Waals surface area (Å²) >= 11 is 0. The molecule has 3 heterocycles. The molecule has 128 valence electrons. The van der Waals surface area contributed by atoms with Crippen LogP contribution in [0.25, 0.3) is 0 Å². The number of pyridine rings is 2. The van der Waals surface area contributed by atoms with Crippen LogP contribution in [0.4, 0.5) is 0 Å². The third kappa shape index (κ3) is 3.47. The van der Waals surface area contributed by atoms with Gasteiger partial charge in [0, 0.05) is 50.5 Å². The van der Waals surface area contributed by atoms with Gasteiger partial charge in [0.25, 0.3) is 17.4 Å². The maximum atomic E-state index is 13.1. The zero-order valence-electron chi connectivity index (χ0n) is 13.4. The molecular weight excluding hydrogens is 322 g/mol. The van der Waals surface area contributed by atoms with Crippen LogP contribution < -0.4 is 5.73 Å². The SMILES string of the molecule is NC(=O)C1(C(=O)N(Cc2ccncc2)Cc2ccncc2)CC=NO1. The molecule has 8 nitrogen and oxygen atoms in total. The summed E-state index contributed by atoms with van der Waals surface area (Å²) in [5, 5.41) is 3.58. The normalized spacial score (nSPS) is 18.6. The molecule has 0 aromatic carbocycles. The number of nitrogens with zero attached hydrogens (tertiary/aromatic N) is 4. The van der Waals surface area contributed by atoms with E-state index in [-0.39, 0.29) is 19.5 Å². The number of hydrogen-bond donors (Lipinski definition) is 1. The Labute approximate surface area is 144 Å². The second-order valence-corrected chi connectivity index (χ2v) is 5.65. The number of nitrogens with two attached hydrogens (primary N) is 1. The molecule has 2 aromatic rings. The lowest BCUT2D eigenvalue weighted by atomic mass is 9.97. The minimum atomic E-state index is -1.79. The highest BCUT2D eigenvalue weighted by atomic mass is 16.7. The van der Waals surface area contributed by atoms with E-state index in [0.717, 1.165) is 11.1 Å². The van der Waals surface area contributed by atoms with E-state index in [1.54, 1.807) is 49.1 Å². The molecule has 0 aliphatic carbocycles. The van der Waals surface area contributed by atoms with Gasteiger partial charge in [-0.25, -0.2) is 0 Å². The van der Waals surface area contributed by atoms with Crippen LogP contribution in [0.15, 0.2) is 54.2 Å². The number of oxime groups is 1. The average Bonchev–Trinajstić information content (AvgIpc) is 3.13. The van der Waals surface area contributed by atoms with Crippen LogP contribution in [-0.4, -0.2) is 38.5 Å². The topological polar surface area (TPSA) is 111 Å². The van der Waals surface area contributed by atoms with Gasteiger partial charge in [0.1, 0.15) is 0 Å². The molecule has 1 aliphatic heterocycles. The predicted molar refractivity (Wildman–Crippen MR) is 88.8 cm³/mol. The minimum absolute atomic E-state index is 0.0182. The Bertz CT molecular complexity index is 730. The summed E-state index contributed by atoms with van der Waals surface area (Å²) in [5.74, 6) is -1.38. The highest BCUT2D eigenvalue weighted by Gasteiger charge is 2.51. The molecule has 3 rings (SSSR count). The van der Waals surface area contributed by atoms with Crippen molar-refractivity contribution >= 4 is 18.0 Å². The van der Waals surface area contributed by atoms with Gasteiger partial charge in [0.05, 0.1) is 0 Å². The van der Waals surface area contributed by atoms with Crippen molar-refractivity contribution in [3.8, 4) is 0 Å². The summed E-state index contributed by atoms with van der Waals surface area (Å²) in [6.45, 7) is 0.560. The number of primary amides is 1. The van der Waals surface area contributed by atoms with Crippen LogP contribution in [0.1, 0.15) is 17.5 Å². The second-order valence-electron chi connectivity index (χ2n) is 5.65. The van der Waals surface area contributed by atoms with Crippen molar-refractivity contribution in [2.24, 2.45) is 10.9 Å². The smallest absolute Gasteiger partial charge is 0.296 e. The Hall–Kier alpha value is -3.29. The Kier molecular flexibility index (Phi) is 4.69. The average molecular weight is 339 g/mol. The van der Waals surface area contributed by atoms with E-state index in [2.05, 4.69) is 15.1 Å². The summed E-state index contributed by atoms with van der Waals surface area (Å²) in [6.07, 6.45) is 7.96. The summed E-state index contributed by atoms with van der Waals surface area (Å²) < 4.78 is 0. The lowest BCUT2D eigenvalue weighted by Gasteiger charge is -2.30. The molecule has 2 aromatic heterocycles. The van der Waals surface area contributed by atoms with E-state index in [4.69, 9.17) is 10.6 Å².